The summed E-state index contributed by atoms with van der Waals surface area (Å²) in [5.74, 6) is 0.159. The van der Waals surface area contributed by atoms with Crippen molar-refractivity contribution in [2.24, 2.45) is 5.73 Å². The zero-order chi connectivity index (χ0) is 19.8. The summed E-state index contributed by atoms with van der Waals surface area (Å²) >= 11 is 0. The van der Waals surface area contributed by atoms with Gasteiger partial charge in [-0.15, -0.1) is 12.4 Å². The molecule has 158 valence electrons. The van der Waals surface area contributed by atoms with E-state index in [4.69, 9.17) is 19.9 Å². The molecular formula is C18H28ClN3O6. The smallest absolute Gasteiger partial charge is 0.286 e. The Balaban J connectivity index is 0.00000392. The molecule has 1 aliphatic rings. The molecule has 0 atom stereocenters. The van der Waals surface area contributed by atoms with E-state index in [-0.39, 0.29) is 41.4 Å². The van der Waals surface area contributed by atoms with E-state index in [9.17, 15) is 14.9 Å². The summed E-state index contributed by atoms with van der Waals surface area (Å²) in [7, 11) is 1.40. The summed E-state index contributed by atoms with van der Waals surface area (Å²) in [5.41, 5.74) is 5.17. The summed E-state index contributed by atoms with van der Waals surface area (Å²) < 4.78 is 16.4. The van der Waals surface area contributed by atoms with Crippen molar-refractivity contribution < 1.29 is 23.9 Å². The number of hydrogen-bond donors (Lipinski definition) is 1. The Hall–Kier alpha value is -2.10. The first-order valence-electron chi connectivity index (χ1n) is 9.12. The van der Waals surface area contributed by atoms with Crippen LogP contribution in [0, 0.1) is 10.1 Å². The number of nitrogens with zero attached hydrogens (tertiary/aromatic N) is 2. The molecule has 1 aromatic rings. The van der Waals surface area contributed by atoms with Crippen LogP contribution in [0.15, 0.2) is 12.1 Å². The highest BCUT2D eigenvalue weighted by Crippen LogP contribution is 2.35. The van der Waals surface area contributed by atoms with Crippen LogP contribution in [-0.4, -0.2) is 61.8 Å². The molecule has 2 N–H and O–H groups in total. The van der Waals surface area contributed by atoms with Crippen LogP contribution in [-0.2, 0) is 4.74 Å². The lowest BCUT2D eigenvalue weighted by Crippen LogP contribution is -2.41. The number of amides is 1. The van der Waals surface area contributed by atoms with Crippen molar-refractivity contribution in [1.29, 1.82) is 0 Å². The molecule has 0 spiro atoms. The molecule has 0 saturated carbocycles. The molecule has 1 amide bonds. The second-order valence-electron chi connectivity index (χ2n) is 6.21. The highest BCUT2D eigenvalue weighted by molar-refractivity contribution is 5.99. The standard InChI is InChI=1S/C18H27N3O6.ClH/c1-3-26-17-11-14(15(21(23)24)12-16(17)25-2)18(22)20-8-5-13(6-9-20)27-10-4-7-19;/h11-13H,3-10,19H2,1-2H3;1H. The molecule has 0 aliphatic carbocycles. The van der Waals surface area contributed by atoms with Gasteiger partial charge in [-0.25, -0.2) is 0 Å². The number of piperidine rings is 1. The Morgan fingerprint density at radius 3 is 2.54 bits per heavy atom. The third kappa shape index (κ3) is 5.95. The lowest BCUT2D eigenvalue weighted by Gasteiger charge is -2.32. The van der Waals surface area contributed by atoms with Crippen LogP contribution in [0.5, 0.6) is 11.5 Å². The predicted molar refractivity (Wildman–Crippen MR) is 107 cm³/mol. The SMILES string of the molecule is CCOc1cc(C(=O)N2CCC(OCCCN)CC2)c([N+](=O)[O-])cc1OC.Cl. The molecule has 2 rings (SSSR count). The largest absolute Gasteiger partial charge is 0.493 e. The van der Waals surface area contributed by atoms with Crippen LogP contribution < -0.4 is 15.2 Å². The van der Waals surface area contributed by atoms with Crippen molar-refractivity contribution in [3.8, 4) is 11.5 Å². The van der Waals surface area contributed by atoms with Crippen LogP contribution >= 0.6 is 12.4 Å². The minimum Gasteiger partial charge on any atom is -0.493 e. The second-order valence-corrected chi connectivity index (χ2v) is 6.21. The predicted octanol–water partition coefficient (Wildman–Crippen LogP) is 2.39. The maximum atomic E-state index is 12.9. The van der Waals surface area contributed by atoms with Crippen molar-refractivity contribution in [3.63, 3.8) is 0 Å². The van der Waals surface area contributed by atoms with E-state index in [1.54, 1.807) is 11.8 Å². The maximum absolute atomic E-state index is 12.9. The zero-order valence-electron chi connectivity index (χ0n) is 16.2. The van der Waals surface area contributed by atoms with Gasteiger partial charge < -0.3 is 24.8 Å². The molecule has 1 heterocycles. The Morgan fingerprint density at radius 2 is 2.00 bits per heavy atom. The lowest BCUT2D eigenvalue weighted by atomic mass is 10.0. The van der Waals surface area contributed by atoms with Crippen molar-refractivity contribution in [1.82, 2.24) is 4.90 Å². The summed E-state index contributed by atoms with van der Waals surface area (Å²) in [4.78, 5) is 25.4. The minimum absolute atomic E-state index is 0. The van der Waals surface area contributed by atoms with E-state index in [0.717, 1.165) is 6.42 Å². The molecule has 0 aromatic heterocycles. The Kier molecular flexibility index (Phi) is 9.98. The number of carbonyl (C=O) groups excluding carboxylic acids is 1. The van der Waals surface area contributed by atoms with Gasteiger partial charge in [-0.1, -0.05) is 0 Å². The summed E-state index contributed by atoms with van der Waals surface area (Å²) in [5, 5.41) is 11.5. The van der Waals surface area contributed by atoms with Gasteiger partial charge in [-0.2, -0.15) is 0 Å². The van der Waals surface area contributed by atoms with Crippen molar-refractivity contribution in [2.45, 2.75) is 32.3 Å². The number of halogens is 1. The van der Waals surface area contributed by atoms with Gasteiger partial charge in [0.1, 0.15) is 5.56 Å². The molecule has 0 unspecified atom stereocenters. The van der Waals surface area contributed by atoms with Gasteiger partial charge in [0.15, 0.2) is 11.5 Å². The van der Waals surface area contributed by atoms with Crippen LogP contribution in [0.3, 0.4) is 0 Å². The molecule has 1 aliphatic heterocycles. The fourth-order valence-electron chi connectivity index (χ4n) is 3.03. The maximum Gasteiger partial charge on any atom is 0.286 e. The lowest BCUT2D eigenvalue weighted by molar-refractivity contribution is -0.385. The van der Waals surface area contributed by atoms with Crippen molar-refractivity contribution >= 4 is 24.0 Å². The normalized spacial score (nSPS) is 14.3. The number of ether oxygens (including phenoxy) is 3. The van der Waals surface area contributed by atoms with Crippen LogP contribution in [0.2, 0.25) is 0 Å². The molecule has 1 fully saturated rings. The van der Waals surface area contributed by atoms with Gasteiger partial charge in [-0.05, 0) is 32.7 Å². The van der Waals surface area contributed by atoms with E-state index < -0.39 is 4.92 Å². The highest BCUT2D eigenvalue weighted by atomic mass is 35.5. The molecule has 10 heteroatoms. The minimum atomic E-state index is -0.575. The summed E-state index contributed by atoms with van der Waals surface area (Å²) in [6, 6.07) is 2.63. The first kappa shape index (κ1) is 23.9. The third-order valence-electron chi connectivity index (χ3n) is 4.44. The number of rotatable bonds is 9. The van der Waals surface area contributed by atoms with Crippen LogP contribution in [0.25, 0.3) is 0 Å². The Labute approximate surface area is 170 Å². The number of nitro groups is 1. The summed E-state index contributed by atoms with van der Waals surface area (Å²) in [6.07, 6.45) is 2.28. The van der Waals surface area contributed by atoms with Crippen LogP contribution in [0.4, 0.5) is 5.69 Å². The second kappa shape index (κ2) is 11.7. The van der Waals surface area contributed by atoms with Gasteiger partial charge in [0.25, 0.3) is 11.6 Å². The van der Waals surface area contributed by atoms with E-state index in [0.29, 0.717) is 51.4 Å². The van der Waals surface area contributed by atoms with Gasteiger partial charge in [0, 0.05) is 25.8 Å². The molecular weight excluding hydrogens is 390 g/mol. The van der Waals surface area contributed by atoms with Gasteiger partial charge in [0.05, 0.1) is 30.8 Å². The van der Waals surface area contributed by atoms with Gasteiger partial charge in [-0.3, -0.25) is 14.9 Å². The Morgan fingerprint density at radius 1 is 1.32 bits per heavy atom. The number of likely N-dealkylation sites (tertiary alicyclic amines) is 1. The topological polar surface area (TPSA) is 117 Å². The first-order valence-corrected chi connectivity index (χ1v) is 9.12. The Bertz CT molecular complexity index is 665. The van der Waals surface area contributed by atoms with Crippen molar-refractivity contribution in [3.05, 3.63) is 27.8 Å². The number of nitro benzene ring substituents is 1. The van der Waals surface area contributed by atoms with Gasteiger partial charge in [0.2, 0.25) is 0 Å². The average Bonchev–Trinajstić information content (AvgIpc) is 2.68. The highest BCUT2D eigenvalue weighted by Gasteiger charge is 2.30. The van der Waals surface area contributed by atoms with E-state index in [1.165, 1.54) is 19.2 Å². The van der Waals surface area contributed by atoms with E-state index >= 15 is 0 Å². The monoisotopic (exact) mass is 417 g/mol. The zero-order valence-corrected chi connectivity index (χ0v) is 17.0. The molecule has 9 nitrogen and oxygen atoms in total. The molecule has 0 radical (unpaired) electrons. The summed E-state index contributed by atoms with van der Waals surface area (Å²) in [6.45, 7) is 4.31. The number of benzene rings is 1. The fraction of sp³-hybridized carbons (Fsp3) is 0.611. The molecule has 28 heavy (non-hydrogen) atoms. The number of carbonyl (C=O) groups is 1. The van der Waals surface area contributed by atoms with E-state index in [2.05, 4.69) is 0 Å². The molecule has 1 saturated heterocycles. The molecule has 1 aromatic carbocycles. The quantitative estimate of drug-likeness (QED) is 0.372. The number of hydrogen-bond acceptors (Lipinski definition) is 7. The van der Waals surface area contributed by atoms with E-state index in [1.807, 2.05) is 0 Å². The average molecular weight is 418 g/mol. The van der Waals surface area contributed by atoms with Crippen molar-refractivity contribution in [2.75, 3.05) is 40.0 Å². The van der Waals surface area contributed by atoms with Crippen LogP contribution in [0.1, 0.15) is 36.5 Å². The third-order valence-corrected chi connectivity index (χ3v) is 4.44. The molecule has 0 bridgehead atoms. The first-order chi connectivity index (χ1) is 13.0. The number of methoxy groups -OCH3 is 1. The number of nitrogens with two attached hydrogens (primary N) is 1. The fourth-order valence-corrected chi connectivity index (χ4v) is 3.03. The van der Waals surface area contributed by atoms with Gasteiger partial charge >= 0.3 is 0 Å².